The van der Waals surface area contributed by atoms with Gasteiger partial charge >= 0.3 is 5.97 Å². The monoisotopic (exact) mass is 426 g/mol. The molecule has 1 atom stereocenters. The van der Waals surface area contributed by atoms with Crippen LogP contribution >= 0.6 is 0 Å². The van der Waals surface area contributed by atoms with Crippen LogP contribution in [0.15, 0.2) is 42.6 Å². The minimum atomic E-state index is -0.850. The van der Waals surface area contributed by atoms with E-state index in [4.69, 9.17) is 14.7 Å². The molecule has 3 heterocycles. The smallest absolute Gasteiger partial charge is 0.307 e. The Hall–Kier alpha value is -3.47. The van der Waals surface area contributed by atoms with Crippen molar-refractivity contribution in [1.29, 1.82) is 0 Å². The number of carbonyl (C=O) groups is 1. The van der Waals surface area contributed by atoms with Crippen molar-refractivity contribution in [3.8, 4) is 16.9 Å². The average Bonchev–Trinajstić information content (AvgIpc) is 2.79. The molecule has 0 amide bonds. The Balaban J connectivity index is 1.87. The fraction of sp³-hybridized carbons (Fsp3) is 0.296. The second-order valence-electron chi connectivity index (χ2n) is 8.63. The molecule has 0 aliphatic carbocycles. The summed E-state index contributed by atoms with van der Waals surface area (Å²) in [6.45, 7) is 6.97. The maximum Gasteiger partial charge on any atom is 0.307 e. The van der Waals surface area contributed by atoms with Crippen molar-refractivity contribution in [2.75, 3.05) is 6.61 Å². The highest BCUT2D eigenvalue weighted by Crippen LogP contribution is 2.42. The van der Waals surface area contributed by atoms with Crippen LogP contribution in [-0.2, 0) is 17.6 Å². The van der Waals surface area contributed by atoms with Crippen molar-refractivity contribution in [2.45, 2.75) is 46.0 Å². The van der Waals surface area contributed by atoms with Gasteiger partial charge < -0.3 is 9.84 Å². The minimum Gasteiger partial charge on any atom is -0.493 e. The summed E-state index contributed by atoms with van der Waals surface area (Å²) in [5.41, 5.74) is 7.59. The van der Waals surface area contributed by atoms with E-state index in [9.17, 15) is 9.90 Å². The van der Waals surface area contributed by atoms with Crippen LogP contribution in [0.4, 0.5) is 0 Å². The van der Waals surface area contributed by atoms with E-state index in [-0.39, 0.29) is 6.42 Å². The molecule has 2 aromatic heterocycles. The number of fused-ring (bicyclic) bond motifs is 1. The number of hydrogen-bond donors (Lipinski definition) is 1. The normalized spacial score (nSPS) is 13.8. The highest BCUT2D eigenvalue weighted by Gasteiger charge is 2.22. The van der Waals surface area contributed by atoms with Gasteiger partial charge in [0.2, 0.25) is 0 Å². The number of pyridine rings is 2. The van der Waals surface area contributed by atoms with E-state index in [2.05, 4.69) is 26.0 Å². The summed E-state index contributed by atoms with van der Waals surface area (Å²) in [6, 6.07) is 12.2. The zero-order valence-electron chi connectivity index (χ0n) is 18.6. The first-order valence-corrected chi connectivity index (χ1v) is 11.2. The van der Waals surface area contributed by atoms with Gasteiger partial charge in [0.25, 0.3) is 0 Å². The van der Waals surface area contributed by atoms with Crippen LogP contribution < -0.4 is 4.74 Å². The van der Waals surface area contributed by atoms with Crippen LogP contribution in [-0.4, -0.2) is 27.7 Å². The predicted molar refractivity (Wildman–Crippen MR) is 126 cm³/mol. The van der Waals surface area contributed by atoms with Crippen LogP contribution in [0.3, 0.4) is 0 Å². The average molecular weight is 427 g/mol. The summed E-state index contributed by atoms with van der Waals surface area (Å²) in [6.07, 6.45) is 3.64. The molecule has 162 valence electrons. The lowest BCUT2D eigenvalue weighted by Crippen LogP contribution is -2.10. The third-order valence-corrected chi connectivity index (χ3v) is 6.63. The summed E-state index contributed by atoms with van der Waals surface area (Å²) in [5.74, 6) is 0.352. The summed E-state index contributed by atoms with van der Waals surface area (Å²) < 4.78 is 5.90. The Labute approximate surface area is 187 Å². The number of benzene rings is 2. The first kappa shape index (κ1) is 20.4. The number of aliphatic carboxylic acids is 1. The third-order valence-electron chi connectivity index (χ3n) is 6.63. The van der Waals surface area contributed by atoms with Crippen molar-refractivity contribution in [1.82, 2.24) is 9.97 Å². The van der Waals surface area contributed by atoms with Crippen molar-refractivity contribution in [3.05, 3.63) is 65.0 Å². The summed E-state index contributed by atoms with van der Waals surface area (Å²) in [5, 5.41) is 11.7. The molecule has 2 aromatic carbocycles. The van der Waals surface area contributed by atoms with E-state index in [0.717, 1.165) is 68.3 Å². The summed E-state index contributed by atoms with van der Waals surface area (Å²) in [7, 11) is 0. The van der Waals surface area contributed by atoms with Gasteiger partial charge in [0.15, 0.2) is 0 Å². The van der Waals surface area contributed by atoms with Gasteiger partial charge in [-0.05, 0) is 71.8 Å². The van der Waals surface area contributed by atoms with E-state index in [0.29, 0.717) is 12.5 Å². The van der Waals surface area contributed by atoms with Gasteiger partial charge in [0, 0.05) is 34.6 Å². The first-order chi connectivity index (χ1) is 15.5. The quantitative estimate of drug-likeness (QED) is 0.434. The maximum atomic E-state index is 11.8. The largest absolute Gasteiger partial charge is 0.493 e. The number of rotatable bonds is 5. The van der Waals surface area contributed by atoms with Crippen molar-refractivity contribution in [2.24, 2.45) is 0 Å². The van der Waals surface area contributed by atoms with Crippen LogP contribution in [0.2, 0.25) is 0 Å². The van der Waals surface area contributed by atoms with Gasteiger partial charge in [-0.2, -0.15) is 0 Å². The van der Waals surface area contributed by atoms with Crippen LogP contribution in [0.25, 0.3) is 32.9 Å². The molecule has 0 fully saturated rings. The van der Waals surface area contributed by atoms with Gasteiger partial charge in [-0.3, -0.25) is 14.8 Å². The molecule has 5 nitrogen and oxygen atoms in total. The molecule has 4 aromatic rings. The van der Waals surface area contributed by atoms with Gasteiger partial charge in [-0.15, -0.1) is 0 Å². The van der Waals surface area contributed by atoms with Gasteiger partial charge in [-0.1, -0.05) is 19.9 Å². The fourth-order valence-electron chi connectivity index (χ4n) is 4.74. The van der Waals surface area contributed by atoms with E-state index < -0.39 is 5.97 Å². The zero-order valence-corrected chi connectivity index (χ0v) is 18.6. The maximum absolute atomic E-state index is 11.8. The van der Waals surface area contributed by atoms with Gasteiger partial charge in [0.05, 0.1) is 24.1 Å². The van der Waals surface area contributed by atoms with Gasteiger partial charge in [0.1, 0.15) is 5.75 Å². The minimum absolute atomic E-state index is 0.0519. The Kier molecular flexibility index (Phi) is 5.04. The van der Waals surface area contributed by atoms with Crippen molar-refractivity contribution in [3.63, 3.8) is 0 Å². The topological polar surface area (TPSA) is 72.3 Å². The molecule has 5 heteroatoms. The number of hydrogen-bond acceptors (Lipinski definition) is 4. The molecule has 0 saturated carbocycles. The van der Waals surface area contributed by atoms with Crippen molar-refractivity contribution >= 4 is 27.8 Å². The molecule has 0 radical (unpaired) electrons. The Morgan fingerprint density at radius 3 is 2.84 bits per heavy atom. The molecule has 32 heavy (non-hydrogen) atoms. The molecule has 1 aliphatic rings. The molecule has 0 spiro atoms. The predicted octanol–water partition coefficient (Wildman–Crippen LogP) is 5.83. The first-order valence-electron chi connectivity index (χ1n) is 11.2. The number of carboxylic acid groups (broad SMARTS) is 1. The summed E-state index contributed by atoms with van der Waals surface area (Å²) >= 11 is 0. The Morgan fingerprint density at radius 2 is 2.06 bits per heavy atom. The highest BCUT2D eigenvalue weighted by atomic mass is 16.5. The zero-order chi connectivity index (χ0) is 22.4. The van der Waals surface area contributed by atoms with Gasteiger partial charge in [-0.25, -0.2) is 0 Å². The Bertz CT molecular complexity index is 1370. The standard InChI is InChI=1S/C27H26N2O3/c1-4-15(2)21-7-5-18-22(29-21)13-16(3)20(14-24(30)31)26(18)19-6-8-23-25-17(10-12-32-23)9-11-28-27(19)25/h5-9,11,13,15H,4,10,12,14H2,1-3H3,(H,30,31). The lowest BCUT2D eigenvalue weighted by molar-refractivity contribution is -0.136. The number of ether oxygens (including phenoxy) is 1. The number of aryl methyl sites for hydroxylation is 1. The number of aromatic nitrogens is 2. The summed E-state index contributed by atoms with van der Waals surface area (Å²) in [4.78, 5) is 21.5. The van der Waals surface area contributed by atoms with Crippen molar-refractivity contribution < 1.29 is 14.6 Å². The van der Waals surface area contributed by atoms with Crippen LogP contribution in [0, 0.1) is 6.92 Å². The third kappa shape index (κ3) is 3.29. The SMILES string of the molecule is CCC(C)c1ccc2c(-c3ccc4c5c(ccnc35)CCO4)c(CC(=O)O)c(C)cc2n1. The lowest BCUT2D eigenvalue weighted by atomic mass is 9.87. The van der Waals surface area contributed by atoms with E-state index in [1.54, 1.807) is 0 Å². The van der Waals surface area contributed by atoms with Crippen LogP contribution in [0.1, 0.15) is 48.6 Å². The molecule has 5 rings (SSSR count). The molecular weight excluding hydrogens is 400 g/mol. The molecule has 1 N–H and O–H groups in total. The second kappa shape index (κ2) is 7.90. The molecule has 0 saturated heterocycles. The van der Waals surface area contributed by atoms with E-state index in [1.807, 2.05) is 37.4 Å². The van der Waals surface area contributed by atoms with E-state index in [1.165, 1.54) is 5.56 Å². The number of nitrogens with zero attached hydrogens (tertiary/aromatic N) is 2. The second-order valence-corrected chi connectivity index (χ2v) is 8.63. The molecule has 1 aliphatic heterocycles. The Morgan fingerprint density at radius 1 is 1.22 bits per heavy atom. The lowest BCUT2D eigenvalue weighted by Gasteiger charge is -2.22. The number of carboxylic acids is 1. The molecule has 0 bridgehead atoms. The molecule has 1 unspecified atom stereocenters. The fourth-order valence-corrected chi connectivity index (χ4v) is 4.74. The van der Waals surface area contributed by atoms with E-state index >= 15 is 0 Å². The highest BCUT2D eigenvalue weighted by molar-refractivity contribution is 6.07. The van der Waals surface area contributed by atoms with Crippen LogP contribution in [0.5, 0.6) is 5.75 Å². The molecular formula is C27H26N2O3.